The van der Waals surface area contributed by atoms with Gasteiger partial charge in [-0.05, 0) is 47.4 Å². The quantitative estimate of drug-likeness (QED) is 0.552. The second-order valence-corrected chi connectivity index (χ2v) is 8.07. The summed E-state index contributed by atoms with van der Waals surface area (Å²) in [5, 5.41) is 11.7. The zero-order valence-electron chi connectivity index (χ0n) is 18.6. The number of fused-ring (bicyclic) bond motifs is 3. The van der Waals surface area contributed by atoms with Gasteiger partial charge in [-0.15, -0.1) is 0 Å². The normalized spacial score (nSPS) is 12.9. The highest BCUT2D eigenvalue weighted by Crippen LogP contribution is 2.44. The smallest absolute Gasteiger partial charge is 0.411 e. The lowest BCUT2D eigenvalue weighted by atomic mass is 9.98. The Hall–Kier alpha value is -4.20. The SMILES string of the molecule is CC(C(=O)O)N(C)C(=O)c1cc(F)ccc1NC(=O)OCC1c2ccccc2-c2ccccc21. The van der Waals surface area contributed by atoms with Gasteiger partial charge in [0.15, 0.2) is 0 Å². The van der Waals surface area contributed by atoms with E-state index in [-0.39, 0.29) is 23.8 Å². The van der Waals surface area contributed by atoms with Gasteiger partial charge in [0.2, 0.25) is 0 Å². The molecule has 34 heavy (non-hydrogen) atoms. The maximum atomic E-state index is 13.9. The third kappa shape index (κ3) is 4.34. The third-order valence-corrected chi connectivity index (χ3v) is 6.05. The number of carbonyl (C=O) groups is 3. The fourth-order valence-corrected chi connectivity index (χ4v) is 4.08. The molecule has 2 amide bonds. The Balaban J connectivity index is 1.50. The number of carboxylic acids is 1. The summed E-state index contributed by atoms with van der Waals surface area (Å²) in [4.78, 5) is 37.6. The molecule has 0 bridgehead atoms. The van der Waals surface area contributed by atoms with Crippen molar-refractivity contribution < 1.29 is 28.6 Å². The fraction of sp³-hybridized carbons (Fsp3) is 0.192. The van der Waals surface area contributed by atoms with Crippen LogP contribution < -0.4 is 5.32 Å². The van der Waals surface area contributed by atoms with Gasteiger partial charge in [0.05, 0.1) is 11.3 Å². The number of nitrogens with zero attached hydrogens (tertiary/aromatic N) is 1. The highest BCUT2D eigenvalue weighted by Gasteiger charge is 2.29. The lowest BCUT2D eigenvalue weighted by molar-refractivity contribution is -0.141. The van der Waals surface area contributed by atoms with Crippen LogP contribution in [0, 0.1) is 5.82 Å². The average Bonchev–Trinajstić information content (AvgIpc) is 3.16. The van der Waals surface area contributed by atoms with Gasteiger partial charge >= 0.3 is 12.1 Å². The van der Waals surface area contributed by atoms with Crippen molar-refractivity contribution in [2.45, 2.75) is 18.9 Å². The Morgan fingerprint density at radius 3 is 2.21 bits per heavy atom. The largest absolute Gasteiger partial charge is 0.480 e. The standard InChI is InChI=1S/C26H23FN2O5/c1-15(25(31)32)29(2)24(30)21-13-16(27)11-12-23(21)28-26(33)34-14-22-19-9-5-3-7-17(19)18-8-4-6-10-20(18)22/h3-13,15,22H,14H2,1-2H3,(H,28,33)(H,31,32). The molecule has 0 heterocycles. The first-order chi connectivity index (χ1) is 16.3. The first-order valence-corrected chi connectivity index (χ1v) is 10.7. The molecule has 4 rings (SSSR count). The Morgan fingerprint density at radius 2 is 1.62 bits per heavy atom. The molecule has 174 valence electrons. The van der Waals surface area contributed by atoms with E-state index in [1.54, 1.807) is 0 Å². The molecule has 0 saturated carbocycles. The Labute approximate surface area is 195 Å². The molecule has 0 spiro atoms. The number of ether oxygens (including phenoxy) is 1. The van der Waals surface area contributed by atoms with Crippen molar-refractivity contribution in [1.82, 2.24) is 4.90 Å². The van der Waals surface area contributed by atoms with Gasteiger partial charge in [-0.2, -0.15) is 0 Å². The van der Waals surface area contributed by atoms with E-state index in [0.717, 1.165) is 39.3 Å². The first kappa shape index (κ1) is 23.0. The summed E-state index contributed by atoms with van der Waals surface area (Å²) in [5.41, 5.74) is 4.14. The van der Waals surface area contributed by atoms with Crippen LogP contribution in [0.4, 0.5) is 14.9 Å². The second kappa shape index (κ2) is 9.35. The molecule has 3 aromatic rings. The van der Waals surface area contributed by atoms with E-state index in [0.29, 0.717) is 0 Å². The number of carbonyl (C=O) groups excluding carboxylic acids is 2. The number of carboxylic acid groups (broad SMARTS) is 1. The van der Waals surface area contributed by atoms with Crippen molar-refractivity contribution >= 4 is 23.7 Å². The molecule has 1 atom stereocenters. The summed E-state index contributed by atoms with van der Waals surface area (Å²) in [6.45, 7) is 1.40. The number of rotatable bonds is 6. The number of likely N-dealkylation sites (N-methyl/N-ethyl adjacent to an activating group) is 1. The predicted octanol–water partition coefficient (Wildman–Crippen LogP) is 4.73. The van der Waals surface area contributed by atoms with E-state index in [1.165, 1.54) is 20.0 Å². The molecule has 0 saturated heterocycles. The molecular weight excluding hydrogens is 439 g/mol. The van der Waals surface area contributed by atoms with Gasteiger partial charge in [0.1, 0.15) is 18.5 Å². The van der Waals surface area contributed by atoms with Crippen molar-refractivity contribution in [2.75, 3.05) is 19.0 Å². The third-order valence-electron chi connectivity index (χ3n) is 6.05. The predicted molar refractivity (Wildman–Crippen MR) is 124 cm³/mol. The molecule has 0 aliphatic heterocycles. The lowest BCUT2D eigenvalue weighted by Gasteiger charge is -2.23. The van der Waals surface area contributed by atoms with Gasteiger partial charge in [0, 0.05) is 13.0 Å². The topological polar surface area (TPSA) is 95.9 Å². The van der Waals surface area contributed by atoms with Crippen LogP contribution in [0.15, 0.2) is 66.7 Å². The van der Waals surface area contributed by atoms with E-state index in [9.17, 15) is 23.9 Å². The molecule has 1 unspecified atom stereocenters. The van der Waals surface area contributed by atoms with Crippen LogP contribution in [0.2, 0.25) is 0 Å². The minimum atomic E-state index is -1.21. The van der Waals surface area contributed by atoms with Gasteiger partial charge in [0.25, 0.3) is 5.91 Å². The van der Waals surface area contributed by atoms with E-state index >= 15 is 0 Å². The zero-order valence-corrected chi connectivity index (χ0v) is 18.6. The summed E-state index contributed by atoms with van der Waals surface area (Å²) < 4.78 is 19.4. The zero-order chi connectivity index (χ0) is 24.4. The van der Waals surface area contributed by atoms with Crippen LogP contribution in [0.25, 0.3) is 11.1 Å². The minimum Gasteiger partial charge on any atom is -0.480 e. The molecule has 0 fully saturated rings. The number of benzene rings is 3. The molecule has 1 aliphatic carbocycles. The monoisotopic (exact) mass is 462 g/mol. The van der Waals surface area contributed by atoms with Crippen LogP contribution in [-0.2, 0) is 9.53 Å². The van der Waals surface area contributed by atoms with Crippen LogP contribution in [0.5, 0.6) is 0 Å². The molecule has 2 N–H and O–H groups in total. The number of hydrogen-bond donors (Lipinski definition) is 2. The number of amides is 2. The van der Waals surface area contributed by atoms with Gasteiger partial charge < -0.3 is 14.7 Å². The van der Waals surface area contributed by atoms with Gasteiger partial charge in [-0.1, -0.05) is 48.5 Å². The molecule has 1 aliphatic rings. The van der Waals surface area contributed by atoms with Crippen LogP contribution >= 0.6 is 0 Å². The molecule has 3 aromatic carbocycles. The lowest BCUT2D eigenvalue weighted by Crippen LogP contribution is -2.40. The number of hydrogen-bond acceptors (Lipinski definition) is 4. The van der Waals surface area contributed by atoms with Crippen molar-refractivity contribution in [2.24, 2.45) is 0 Å². The van der Waals surface area contributed by atoms with Crippen molar-refractivity contribution in [3.63, 3.8) is 0 Å². The second-order valence-electron chi connectivity index (χ2n) is 8.07. The highest BCUT2D eigenvalue weighted by molar-refractivity contribution is 6.03. The first-order valence-electron chi connectivity index (χ1n) is 10.7. The molecule has 8 heteroatoms. The minimum absolute atomic E-state index is 0.0214. The van der Waals surface area contributed by atoms with Crippen LogP contribution in [0.3, 0.4) is 0 Å². The van der Waals surface area contributed by atoms with Crippen molar-refractivity contribution in [3.8, 4) is 11.1 Å². The number of halogens is 1. The Bertz CT molecular complexity index is 1230. The Morgan fingerprint density at radius 1 is 1.03 bits per heavy atom. The molecule has 0 aromatic heterocycles. The van der Waals surface area contributed by atoms with Crippen molar-refractivity contribution in [3.05, 3.63) is 89.2 Å². The van der Waals surface area contributed by atoms with Crippen LogP contribution in [-0.4, -0.2) is 47.7 Å². The number of aliphatic carboxylic acids is 1. The average molecular weight is 462 g/mol. The summed E-state index contributed by atoms with van der Waals surface area (Å²) in [6, 6.07) is 18.0. The van der Waals surface area contributed by atoms with E-state index in [4.69, 9.17) is 4.74 Å². The summed E-state index contributed by atoms with van der Waals surface area (Å²) in [7, 11) is 1.29. The summed E-state index contributed by atoms with van der Waals surface area (Å²) in [5.74, 6) is -2.80. The Kier molecular flexibility index (Phi) is 6.32. The van der Waals surface area contributed by atoms with E-state index in [1.807, 2.05) is 48.5 Å². The maximum absolute atomic E-state index is 13.9. The van der Waals surface area contributed by atoms with E-state index in [2.05, 4.69) is 5.32 Å². The van der Waals surface area contributed by atoms with E-state index < -0.39 is 29.8 Å². The fourth-order valence-electron chi connectivity index (χ4n) is 4.08. The molecule has 7 nitrogen and oxygen atoms in total. The molecule has 0 radical (unpaired) electrons. The highest BCUT2D eigenvalue weighted by atomic mass is 19.1. The summed E-state index contributed by atoms with van der Waals surface area (Å²) >= 11 is 0. The summed E-state index contributed by atoms with van der Waals surface area (Å²) in [6.07, 6.45) is -0.809. The maximum Gasteiger partial charge on any atom is 0.411 e. The van der Waals surface area contributed by atoms with Crippen LogP contribution in [0.1, 0.15) is 34.3 Å². The van der Waals surface area contributed by atoms with Gasteiger partial charge in [-0.25, -0.2) is 14.0 Å². The molecular formula is C26H23FN2O5. The van der Waals surface area contributed by atoms with Crippen molar-refractivity contribution in [1.29, 1.82) is 0 Å². The number of nitrogens with one attached hydrogen (secondary N) is 1. The van der Waals surface area contributed by atoms with Gasteiger partial charge in [-0.3, -0.25) is 10.1 Å². The number of anilines is 1.